The average molecular weight is 321 g/mol. The third kappa shape index (κ3) is 2.96. The lowest BCUT2D eigenvalue weighted by Crippen LogP contribution is -2.37. The molecule has 1 aliphatic heterocycles. The summed E-state index contributed by atoms with van der Waals surface area (Å²) in [5.74, 6) is 0. The van der Waals surface area contributed by atoms with Crippen LogP contribution in [0, 0.1) is 0 Å². The highest BCUT2D eigenvalue weighted by Crippen LogP contribution is 2.24. The van der Waals surface area contributed by atoms with Gasteiger partial charge in [-0.3, -0.25) is 9.88 Å². The molecule has 1 saturated heterocycles. The highest BCUT2D eigenvalue weighted by atomic mass is 79.9. The van der Waals surface area contributed by atoms with Gasteiger partial charge in [0.05, 0.1) is 11.6 Å². The summed E-state index contributed by atoms with van der Waals surface area (Å²) < 4.78 is 1.08. The van der Waals surface area contributed by atoms with Crippen LogP contribution in [0.4, 0.5) is 0 Å². The lowest BCUT2D eigenvalue weighted by molar-refractivity contribution is 0.0670. The molecule has 19 heavy (non-hydrogen) atoms. The van der Waals surface area contributed by atoms with Crippen LogP contribution in [0.5, 0.6) is 0 Å². The smallest absolute Gasteiger partial charge is 0.0747 e. The minimum absolute atomic E-state index is 0.180. The van der Waals surface area contributed by atoms with Crippen LogP contribution in [-0.2, 0) is 6.54 Å². The number of fused-ring (bicyclic) bond motifs is 1. The molecule has 1 unspecified atom stereocenters. The van der Waals surface area contributed by atoms with Crippen molar-refractivity contribution < 1.29 is 5.11 Å². The van der Waals surface area contributed by atoms with E-state index in [1.54, 1.807) is 0 Å². The Morgan fingerprint density at radius 2 is 2.32 bits per heavy atom. The lowest BCUT2D eigenvalue weighted by atomic mass is 10.1. The molecule has 0 spiro atoms. The van der Waals surface area contributed by atoms with Gasteiger partial charge >= 0.3 is 0 Å². The molecule has 0 radical (unpaired) electrons. The topological polar surface area (TPSA) is 36.4 Å². The summed E-state index contributed by atoms with van der Waals surface area (Å²) in [6.45, 7) is 2.67. The highest BCUT2D eigenvalue weighted by molar-refractivity contribution is 9.10. The Bertz CT molecular complexity index is 587. The standard InChI is InChI=1S/C15H17BrN2O/c16-13-7-11-3-1-5-17-15(11)12(8-13)9-18-6-2-4-14(19)10-18/h1,3,5,7-8,14,19H,2,4,6,9-10H2. The van der Waals surface area contributed by atoms with E-state index >= 15 is 0 Å². The molecule has 1 aliphatic rings. The van der Waals surface area contributed by atoms with Crippen LogP contribution < -0.4 is 0 Å². The first-order chi connectivity index (χ1) is 9.22. The van der Waals surface area contributed by atoms with Crippen molar-refractivity contribution in [2.45, 2.75) is 25.5 Å². The molecule has 0 bridgehead atoms. The van der Waals surface area contributed by atoms with E-state index in [1.807, 2.05) is 12.3 Å². The van der Waals surface area contributed by atoms with Crippen LogP contribution in [0.1, 0.15) is 18.4 Å². The molecule has 4 heteroatoms. The summed E-state index contributed by atoms with van der Waals surface area (Å²) in [4.78, 5) is 6.81. The first kappa shape index (κ1) is 13.0. The summed E-state index contributed by atoms with van der Waals surface area (Å²) in [5.41, 5.74) is 2.28. The van der Waals surface area contributed by atoms with Gasteiger partial charge in [-0.25, -0.2) is 0 Å². The molecule has 0 amide bonds. The molecular weight excluding hydrogens is 304 g/mol. The molecule has 1 atom stereocenters. The fraction of sp³-hybridized carbons (Fsp3) is 0.400. The van der Waals surface area contributed by atoms with Crippen molar-refractivity contribution in [3.63, 3.8) is 0 Å². The maximum absolute atomic E-state index is 9.76. The van der Waals surface area contributed by atoms with E-state index < -0.39 is 0 Å². The predicted molar refractivity (Wildman–Crippen MR) is 80.0 cm³/mol. The van der Waals surface area contributed by atoms with Crippen LogP contribution >= 0.6 is 15.9 Å². The Morgan fingerprint density at radius 1 is 1.42 bits per heavy atom. The number of aromatic nitrogens is 1. The molecule has 1 aromatic carbocycles. The second-order valence-corrected chi connectivity index (χ2v) is 6.09. The minimum atomic E-state index is -0.180. The maximum Gasteiger partial charge on any atom is 0.0747 e. The van der Waals surface area contributed by atoms with Crippen LogP contribution in [0.25, 0.3) is 10.9 Å². The normalized spacial score (nSPS) is 20.8. The van der Waals surface area contributed by atoms with Crippen molar-refractivity contribution in [3.8, 4) is 0 Å². The number of hydrogen-bond donors (Lipinski definition) is 1. The van der Waals surface area contributed by atoms with E-state index in [0.29, 0.717) is 0 Å². The second-order valence-electron chi connectivity index (χ2n) is 5.17. The van der Waals surface area contributed by atoms with E-state index in [-0.39, 0.29) is 6.10 Å². The number of likely N-dealkylation sites (tertiary alicyclic amines) is 1. The number of piperidine rings is 1. The minimum Gasteiger partial charge on any atom is -0.392 e. The number of pyridine rings is 1. The lowest BCUT2D eigenvalue weighted by Gasteiger charge is -2.30. The third-order valence-electron chi connectivity index (χ3n) is 3.62. The van der Waals surface area contributed by atoms with Crippen molar-refractivity contribution in [1.82, 2.24) is 9.88 Å². The highest BCUT2D eigenvalue weighted by Gasteiger charge is 2.18. The first-order valence-corrected chi connectivity index (χ1v) is 7.45. The molecule has 3 rings (SSSR count). The Kier molecular flexibility index (Phi) is 3.82. The van der Waals surface area contributed by atoms with Gasteiger partial charge in [-0.2, -0.15) is 0 Å². The molecule has 2 aromatic rings. The largest absolute Gasteiger partial charge is 0.392 e. The monoisotopic (exact) mass is 320 g/mol. The fourth-order valence-electron chi connectivity index (χ4n) is 2.76. The zero-order valence-corrected chi connectivity index (χ0v) is 12.3. The number of hydrogen-bond acceptors (Lipinski definition) is 3. The van der Waals surface area contributed by atoms with Gasteiger partial charge in [-0.05, 0) is 43.1 Å². The Morgan fingerprint density at radius 3 is 3.16 bits per heavy atom. The van der Waals surface area contributed by atoms with Crippen LogP contribution in [0.3, 0.4) is 0 Å². The van der Waals surface area contributed by atoms with Crippen molar-refractivity contribution >= 4 is 26.8 Å². The van der Waals surface area contributed by atoms with E-state index in [1.165, 1.54) is 5.56 Å². The van der Waals surface area contributed by atoms with Crippen LogP contribution in [0.2, 0.25) is 0 Å². The quantitative estimate of drug-likeness (QED) is 0.924. The molecule has 1 N–H and O–H groups in total. The zero-order chi connectivity index (χ0) is 13.2. The van der Waals surface area contributed by atoms with Crippen LogP contribution in [0.15, 0.2) is 34.9 Å². The maximum atomic E-state index is 9.76. The fourth-order valence-corrected chi connectivity index (χ4v) is 3.29. The number of nitrogens with zero attached hydrogens (tertiary/aromatic N) is 2. The van der Waals surface area contributed by atoms with E-state index in [4.69, 9.17) is 0 Å². The van der Waals surface area contributed by atoms with Gasteiger partial charge in [0, 0.05) is 29.1 Å². The Balaban J connectivity index is 1.91. The van der Waals surface area contributed by atoms with Gasteiger partial charge in [0.15, 0.2) is 0 Å². The molecular formula is C15H17BrN2O. The van der Waals surface area contributed by atoms with Crippen molar-refractivity contribution in [3.05, 3.63) is 40.5 Å². The number of rotatable bonds is 2. The van der Waals surface area contributed by atoms with Gasteiger partial charge in [-0.15, -0.1) is 0 Å². The Hall–Kier alpha value is -0.970. The molecule has 0 saturated carbocycles. The molecule has 2 heterocycles. The average Bonchev–Trinajstić information content (AvgIpc) is 2.38. The van der Waals surface area contributed by atoms with Gasteiger partial charge in [-0.1, -0.05) is 22.0 Å². The predicted octanol–water partition coefficient (Wildman–Crippen LogP) is 2.95. The summed E-state index contributed by atoms with van der Waals surface area (Å²) in [7, 11) is 0. The number of benzene rings is 1. The first-order valence-electron chi connectivity index (χ1n) is 6.66. The summed E-state index contributed by atoms with van der Waals surface area (Å²) >= 11 is 3.56. The van der Waals surface area contributed by atoms with Crippen LogP contribution in [-0.4, -0.2) is 34.2 Å². The van der Waals surface area contributed by atoms with Gasteiger partial charge in [0.1, 0.15) is 0 Å². The number of β-amino-alcohol motifs (C(OH)–C–C–N with tert-alkyl or cyclic N) is 1. The van der Waals surface area contributed by atoms with Crippen molar-refractivity contribution in [2.24, 2.45) is 0 Å². The van der Waals surface area contributed by atoms with Gasteiger partial charge in [0.2, 0.25) is 0 Å². The number of halogens is 1. The van der Waals surface area contributed by atoms with Crippen molar-refractivity contribution in [2.75, 3.05) is 13.1 Å². The number of aliphatic hydroxyl groups is 1. The zero-order valence-electron chi connectivity index (χ0n) is 10.7. The summed E-state index contributed by atoms with van der Waals surface area (Å²) in [6, 6.07) is 8.28. The molecule has 0 aliphatic carbocycles. The molecule has 100 valence electrons. The molecule has 1 aromatic heterocycles. The third-order valence-corrected chi connectivity index (χ3v) is 4.08. The summed E-state index contributed by atoms with van der Waals surface area (Å²) in [5, 5.41) is 10.9. The molecule has 3 nitrogen and oxygen atoms in total. The summed E-state index contributed by atoms with van der Waals surface area (Å²) in [6.07, 6.45) is 3.65. The molecule has 1 fully saturated rings. The van der Waals surface area contributed by atoms with Gasteiger partial charge < -0.3 is 5.11 Å². The second kappa shape index (κ2) is 5.57. The van der Waals surface area contributed by atoms with Gasteiger partial charge in [0.25, 0.3) is 0 Å². The van der Waals surface area contributed by atoms with Crippen molar-refractivity contribution in [1.29, 1.82) is 0 Å². The Labute approximate surface area is 121 Å². The number of aliphatic hydroxyl groups excluding tert-OH is 1. The van der Waals surface area contributed by atoms with E-state index in [2.05, 4.69) is 44.0 Å². The SMILES string of the molecule is OC1CCCN(Cc2cc(Br)cc3cccnc23)C1. The van der Waals surface area contributed by atoms with E-state index in [0.717, 1.165) is 47.9 Å². The van der Waals surface area contributed by atoms with E-state index in [9.17, 15) is 5.11 Å².